The lowest BCUT2D eigenvalue weighted by Gasteiger charge is -2.02. The Labute approximate surface area is 108 Å². The van der Waals surface area contributed by atoms with E-state index in [1.807, 2.05) is 31.3 Å². The average Bonchev–Trinajstić information content (AvgIpc) is 2.91. The van der Waals surface area contributed by atoms with E-state index in [4.69, 9.17) is 16.0 Å². The topological polar surface area (TPSA) is 55.9 Å². The number of aromatic nitrogens is 3. The standard InChI is InChI=1S/C12H11ClN4O/c1-17-10(8(13)6-15-17)7-14-12-16-9-4-2-3-5-11(9)18-12/h2-6H,7H2,1H3,(H,14,16). The van der Waals surface area contributed by atoms with E-state index in [1.165, 1.54) is 0 Å². The molecule has 2 aromatic heterocycles. The normalized spacial score (nSPS) is 11.0. The highest BCUT2D eigenvalue weighted by Crippen LogP contribution is 2.20. The molecular formula is C12H11ClN4O. The van der Waals surface area contributed by atoms with Crippen molar-refractivity contribution in [2.24, 2.45) is 7.05 Å². The summed E-state index contributed by atoms with van der Waals surface area (Å²) in [6.07, 6.45) is 1.62. The molecule has 0 aliphatic heterocycles. The van der Waals surface area contributed by atoms with E-state index in [2.05, 4.69) is 15.4 Å². The van der Waals surface area contributed by atoms with Gasteiger partial charge < -0.3 is 9.73 Å². The average molecular weight is 263 g/mol. The minimum atomic E-state index is 0.480. The number of aryl methyl sites for hydroxylation is 1. The summed E-state index contributed by atoms with van der Waals surface area (Å²) in [5.74, 6) is 0. The monoisotopic (exact) mass is 262 g/mol. The van der Waals surface area contributed by atoms with Gasteiger partial charge in [0.1, 0.15) is 5.52 Å². The zero-order valence-electron chi connectivity index (χ0n) is 9.72. The van der Waals surface area contributed by atoms with E-state index < -0.39 is 0 Å². The van der Waals surface area contributed by atoms with Crippen LogP contribution in [-0.2, 0) is 13.6 Å². The second-order valence-electron chi connectivity index (χ2n) is 3.90. The summed E-state index contributed by atoms with van der Waals surface area (Å²) in [5.41, 5.74) is 2.48. The summed E-state index contributed by atoms with van der Waals surface area (Å²) in [4.78, 5) is 4.32. The highest BCUT2D eigenvalue weighted by atomic mass is 35.5. The summed E-state index contributed by atoms with van der Waals surface area (Å²) >= 11 is 6.02. The summed E-state index contributed by atoms with van der Waals surface area (Å²) in [7, 11) is 1.84. The van der Waals surface area contributed by atoms with E-state index in [0.29, 0.717) is 17.6 Å². The predicted octanol–water partition coefficient (Wildman–Crippen LogP) is 2.83. The molecule has 0 aliphatic rings. The lowest BCUT2D eigenvalue weighted by Crippen LogP contribution is -2.06. The Morgan fingerprint density at radius 1 is 1.39 bits per heavy atom. The van der Waals surface area contributed by atoms with Crippen LogP contribution in [0.2, 0.25) is 5.02 Å². The number of benzene rings is 1. The second kappa shape index (κ2) is 4.34. The summed E-state index contributed by atoms with van der Waals surface area (Å²) in [5, 5.41) is 7.79. The molecule has 0 bridgehead atoms. The first kappa shape index (κ1) is 11.1. The zero-order valence-corrected chi connectivity index (χ0v) is 10.5. The molecule has 0 saturated heterocycles. The number of nitrogens with zero attached hydrogens (tertiary/aromatic N) is 3. The van der Waals surface area contributed by atoms with Crippen molar-refractivity contribution in [2.45, 2.75) is 6.54 Å². The third-order valence-electron chi connectivity index (χ3n) is 2.71. The van der Waals surface area contributed by atoms with Crippen molar-refractivity contribution in [3.63, 3.8) is 0 Å². The van der Waals surface area contributed by atoms with Crippen LogP contribution in [0, 0.1) is 0 Å². The Kier molecular flexibility index (Phi) is 2.68. The Hall–Kier alpha value is -2.01. The molecule has 0 atom stereocenters. The zero-order chi connectivity index (χ0) is 12.5. The van der Waals surface area contributed by atoms with Crippen LogP contribution in [-0.4, -0.2) is 14.8 Å². The van der Waals surface area contributed by atoms with Crippen LogP contribution in [0.4, 0.5) is 6.01 Å². The molecule has 3 rings (SSSR count). The highest BCUT2D eigenvalue weighted by Gasteiger charge is 2.08. The predicted molar refractivity (Wildman–Crippen MR) is 69.6 cm³/mol. The van der Waals surface area contributed by atoms with Crippen LogP contribution >= 0.6 is 11.6 Å². The Morgan fingerprint density at radius 2 is 2.22 bits per heavy atom. The fourth-order valence-electron chi connectivity index (χ4n) is 1.74. The van der Waals surface area contributed by atoms with Crippen LogP contribution in [0.25, 0.3) is 11.1 Å². The third kappa shape index (κ3) is 1.93. The maximum atomic E-state index is 6.02. The molecule has 1 aromatic carbocycles. The van der Waals surface area contributed by atoms with Crippen molar-refractivity contribution in [3.05, 3.63) is 41.2 Å². The number of para-hydroxylation sites is 2. The number of anilines is 1. The van der Waals surface area contributed by atoms with Gasteiger partial charge in [0.2, 0.25) is 0 Å². The van der Waals surface area contributed by atoms with Crippen molar-refractivity contribution < 1.29 is 4.42 Å². The maximum absolute atomic E-state index is 6.02. The third-order valence-corrected chi connectivity index (χ3v) is 3.03. The number of halogens is 1. The Bertz CT molecular complexity index is 636. The first-order valence-corrected chi connectivity index (χ1v) is 5.87. The molecule has 0 radical (unpaired) electrons. The summed E-state index contributed by atoms with van der Waals surface area (Å²) in [6.45, 7) is 0.516. The first-order valence-electron chi connectivity index (χ1n) is 5.50. The van der Waals surface area contributed by atoms with E-state index in [1.54, 1.807) is 10.9 Å². The molecule has 0 unspecified atom stereocenters. The summed E-state index contributed by atoms with van der Waals surface area (Å²) < 4.78 is 7.27. The fraction of sp³-hybridized carbons (Fsp3) is 0.167. The number of nitrogens with one attached hydrogen (secondary N) is 1. The number of hydrogen-bond acceptors (Lipinski definition) is 4. The quantitative estimate of drug-likeness (QED) is 0.789. The molecule has 2 heterocycles. The maximum Gasteiger partial charge on any atom is 0.296 e. The van der Waals surface area contributed by atoms with E-state index in [0.717, 1.165) is 16.8 Å². The van der Waals surface area contributed by atoms with Crippen molar-refractivity contribution in [2.75, 3.05) is 5.32 Å². The molecular weight excluding hydrogens is 252 g/mol. The van der Waals surface area contributed by atoms with Crippen LogP contribution in [0.1, 0.15) is 5.69 Å². The van der Waals surface area contributed by atoms with Crippen LogP contribution in [0.5, 0.6) is 0 Å². The molecule has 0 spiro atoms. The lowest BCUT2D eigenvalue weighted by molar-refractivity contribution is 0.610. The SMILES string of the molecule is Cn1ncc(Cl)c1CNc1nc2ccccc2o1. The molecule has 1 N–H and O–H groups in total. The van der Waals surface area contributed by atoms with Gasteiger partial charge in [-0.3, -0.25) is 4.68 Å². The van der Waals surface area contributed by atoms with Gasteiger partial charge in [-0.2, -0.15) is 10.1 Å². The molecule has 3 aromatic rings. The van der Waals surface area contributed by atoms with E-state index in [9.17, 15) is 0 Å². The van der Waals surface area contributed by atoms with Gasteiger partial charge in [-0.05, 0) is 12.1 Å². The Balaban J connectivity index is 1.81. The van der Waals surface area contributed by atoms with Crippen molar-refractivity contribution in [1.82, 2.24) is 14.8 Å². The molecule has 0 fully saturated rings. The van der Waals surface area contributed by atoms with Gasteiger partial charge in [-0.1, -0.05) is 23.7 Å². The van der Waals surface area contributed by atoms with E-state index >= 15 is 0 Å². The number of oxazole rings is 1. The van der Waals surface area contributed by atoms with Gasteiger partial charge in [-0.25, -0.2) is 0 Å². The van der Waals surface area contributed by atoms with Gasteiger partial charge in [0.25, 0.3) is 6.01 Å². The minimum Gasteiger partial charge on any atom is -0.424 e. The van der Waals surface area contributed by atoms with Crippen molar-refractivity contribution in [1.29, 1.82) is 0 Å². The smallest absolute Gasteiger partial charge is 0.296 e. The van der Waals surface area contributed by atoms with Crippen LogP contribution < -0.4 is 5.32 Å². The molecule has 6 heteroatoms. The van der Waals surface area contributed by atoms with Crippen molar-refractivity contribution >= 4 is 28.7 Å². The van der Waals surface area contributed by atoms with Gasteiger partial charge in [0.05, 0.1) is 23.5 Å². The molecule has 18 heavy (non-hydrogen) atoms. The minimum absolute atomic E-state index is 0.480. The summed E-state index contributed by atoms with van der Waals surface area (Å²) in [6, 6.07) is 8.10. The molecule has 92 valence electrons. The van der Waals surface area contributed by atoms with Gasteiger partial charge in [0.15, 0.2) is 5.58 Å². The highest BCUT2D eigenvalue weighted by molar-refractivity contribution is 6.31. The van der Waals surface area contributed by atoms with E-state index in [-0.39, 0.29) is 0 Å². The Morgan fingerprint density at radius 3 is 2.94 bits per heavy atom. The largest absolute Gasteiger partial charge is 0.424 e. The van der Waals surface area contributed by atoms with Crippen LogP contribution in [0.15, 0.2) is 34.9 Å². The van der Waals surface area contributed by atoms with Crippen molar-refractivity contribution in [3.8, 4) is 0 Å². The van der Waals surface area contributed by atoms with Gasteiger partial charge in [0, 0.05) is 7.05 Å². The number of hydrogen-bond donors (Lipinski definition) is 1. The van der Waals surface area contributed by atoms with Gasteiger partial charge >= 0.3 is 0 Å². The van der Waals surface area contributed by atoms with Crippen LogP contribution in [0.3, 0.4) is 0 Å². The second-order valence-corrected chi connectivity index (χ2v) is 4.31. The lowest BCUT2D eigenvalue weighted by atomic mass is 10.3. The fourth-order valence-corrected chi connectivity index (χ4v) is 1.97. The number of fused-ring (bicyclic) bond motifs is 1. The number of rotatable bonds is 3. The van der Waals surface area contributed by atoms with Gasteiger partial charge in [-0.15, -0.1) is 0 Å². The molecule has 0 amide bonds. The molecule has 0 aliphatic carbocycles. The first-order chi connectivity index (χ1) is 8.74. The molecule has 5 nitrogen and oxygen atoms in total. The molecule has 0 saturated carbocycles.